The van der Waals surface area contributed by atoms with Gasteiger partial charge in [0.1, 0.15) is 17.2 Å². The summed E-state index contributed by atoms with van der Waals surface area (Å²) in [4.78, 5) is 7.07. The second-order valence-electron chi connectivity index (χ2n) is 8.37. The van der Waals surface area contributed by atoms with Crippen molar-refractivity contribution >= 4 is 17.3 Å². The quantitative estimate of drug-likeness (QED) is 0.439. The summed E-state index contributed by atoms with van der Waals surface area (Å²) >= 11 is 1.08. The molecule has 0 spiro atoms. The molecule has 4 aromatic heterocycles. The number of rotatable bonds is 4. The Morgan fingerprint density at radius 3 is 2.62 bits per heavy atom. The van der Waals surface area contributed by atoms with Crippen molar-refractivity contribution in [3.63, 3.8) is 0 Å². The normalized spacial score (nSPS) is 14.9. The zero-order valence-electron chi connectivity index (χ0n) is 18.7. The molecule has 0 radical (unpaired) electrons. The molecule has 34 heavy (non-hydrogen) atoms. The van der Waals surface area contributed by atoms with Crippen LogP contribution in [0.15, 0.2) is 46.8 Å². The first-order valence-corrected chi connectivity index (χ1v) is 11.7. The Kier molecular flexibility index (Phi) is 5.78. The molecule has 1 aliphatic heterocycles. The monoisotopic (exact) mass is 472 g/mol. The third kappa shape index (κ3) is 3.81. The van der Waals surface area contributed by atoms with E-state index in [9.17, 15) is 14.9 Å². The van der Waals surface area contributed by atoms with Crippen molar-refractivity contribution in [2.45, 2.75) is 35.7 Å². The fourth-order valence-corrected chi connectivity index (χ4v) is 5.40. The number of halogens is 1. The Morgan fingerprint density at radius 2 is 1.88 bits per heavy atom. The molecule has 1 saturated heterocycles. The van der Waals surface area contributed by atoms with Gasteiger partial charge in [-0.1, -0.05) is 11.8 Å². The van der Waals surface area contributed by atoms with Gasteiger partial charge in [-0.05, 0) is 52.0 Å². The van der Waals surface area contributed by atoms with Crippen LogP contribution in [0.2, 0.25) is 0 Å². The molecular formula is C24H21FN8S. The molecule has 170 valence electrons. The lowest BCUT2D eigenvalue weighted by atomic mass is 10.0. The predicted octanol–water partition coefficient (Wildman–Crippen LogP) is 4.20. The van der Waals surface area contributed by atoms with Crippen LogP contribution in [0.3, 0.4) is 0 Å². The smallest absolute Gasteiger partial charge is 0.173 e. The van der Waals surface area contributed by atoms with E-state index in [2.05, 4.69) is 39.7 Å². The Labute approximate surface area is 200 Å². The molecule has 0 bridgehead atoms. The maximum atomic E-state index is 14.8. The first-order chi connectivity index (χ1) is 16.5. The van der Waals surface area contributed by atoms with Gasteiger partial charge in [-0.25, -0.2) is 13.9 Å². The fraction of sp³-hybridized carbons (Fsp3) is 0.292. The van der Waals surface area contributed by atoms with Crippen LogP contribution in [0.1, 0.15) is 35.7 Å². The van der Waals surface area contributed by atoms with E-state index >= 15 is 0 Å². The second-order valence-corrected chi connectivity index (χ2v) is 9.40. The van der Waals surface area contributed by atoms with Crippen molar-refractivity contribution < 1.29 is 4.39 Å². The van der Waals surface area contributed by atoms with E-state index < -0.39 is 5.82 Å². The number of hydrogen-bond acceptors (Lipinski definition) is 7. The zero-order valence-corrected chi connectivity index (χ0v) is 19.6. The van der Waals surface area contributed by atoms with Gasteiger partial charge in [0.25, 0.3) is 0 Å². The standard InChI is InChI=1S/C24H21FN8S/c1-15-20(13-30-33(15)19-4-7-31(2)8-5-19)17-9-21(23-18(11-27)12-29-32(23)14-17)34-24-22(25)16(10-26)3-6-28-24/h3,6,9,12-14,19H,4-5,7-8H2,1-2H3. The van der Waals surface area contributed by atoms with Gasteiger partial charge in [-0.15, -0.1) is 0 Å². The topological polar surface area (TPSA) is 98.8 Å². The SMILES string of the molecule is Cc1c(-c2cc(Sc3nccc(C#N)c3F)c3c(C#N)cnn3c2)cnn1C1CCN(C)CC1. The molecule has 0 unspecified atom stereocenters. The van der Waals surface area contributed by atoms with Gasteiger partial charge in [0.15, 0.2) is 5.82 Å². The van der Waals surface area contributed by atoms with Gasteiger partial charge >= 0.3 is 0 Å². The molecule has 10 heteroatoms. The van der Waals surface area contributed by atoms with Crippen LogP contribution < -0.4 is 0 Å². The Morgan fingerprint density at radius 1 is 1.12 bits per heavy atom. The highest BCUT2D eigenvalue weighted by atomic mass is 32.2. The third-order valence-electron chi connectivity index (χ3n) is 6.27. The van der Waals surface area contributed by atoms with Crippen LogP contribution in [0.4, 0.5) is 4.39 Å². The lowest BCUT2D eigenvalue weighted by Crippen LogP contribution is -2.32. The zero-order chi connectivity index (χ0) is 23.8. The number of piperidine rings is 1. The number of hydrogen-bond donors (Lipinski definition) is 0. The van der Waals surface area contributed by atoms with Gasteiger partial charge in [-0.3, -0.25) is 4.68 Å². The minimum Gasteiger partial charge on any atom is -0.306 e. The summed E-state index contributed by atoms with van der Waals surface area (Å²) in [5.74, 6) is -0.678. The number of nitrogens with zero attached hydrogens (tertiary/aromatic N) is 8. The molecule has 0 amide bonds. The minimum absolute atomic E-state index is 0.0712. The molecule has 0 N–H and O–H groups in total. The molecule has 0 atom stereocenters. The molecule has 8 nitrogen and oxygen atoms in total. The highest BCUT2D eigenvalue weighted by Gasteiger charge is 2.23. The average molecular weight is 473 g/mol. The highest BCUT2D eigenvalue weighted by Crippen LogP contribution is 2.37. The molecule has 0 aliphatic carbocycles. The molecular weight excluding hydrogens is 451 g/mol. The first-order valence-electron chi connectivity index (χ1n) is 10.9. The van der Waals surface area contributed by atoms with Crippen LogP contribution in [0.5, 0.6) is 0 Å². The summed E-state index contributed by atoms with van der Waals surface area (Å²) < 4.78 is 18.5. The Hall–Kier alpha value is -3.73. The number of pyridine rings is 2. The van der Waals surface area contributed by atoms with Gasteiger partial charge in [0.2, 0.25) is 0 Å². The number of likely N-dealkylation sites (tertiary alicyclic amines) is 1. The van der Waals surface area contributed by atoms with Gasteiger partial charge < -0.3 is 4.90 Å². The van der Waals surface area contributed by atoms with Crippen LogP contribution in [-0.2, 0) is 0 Å². The second kappa shape index (κ2) is 8.90. The summed E-state index contributed by atoms with van der Waals surface area (Å²) in [6.45, 7) is 4.13. The number of fused-ring (bicyclic) bond motifs is 1. The number of aromatic nitrogens is 5. The lowest BCUT2D eigenvalue weighted by Gasteiger charge is -2.29. The van der Waals surface area contributed by atoms with Crippen LogP contribution in [0, 0.1) is 35.4 Å². The van der Waals surface area contributed by atoms with Crippen molar-refractivity contribution in [3.8, 4) is 23.3 Å². The average Bonchev–Trinajstić information content (AvgIpc) is 3.44. The van der Waals surface area contributed by atoms with E-state index in [4.69, 9.17) is 5.10 Å². The highest BCUT2D eigenvalue weighted by molar-refractivity contribution is 7.99. The summed E-state index contributed by atoms with van der Waals surface area (Å²) in [6.07, 6.45) is 8.70. The molecule has 0 aromatic carbocycles. The van der Waals surface area contributed by atoms with Crippen molar-refractivity contribution in [1.29, 1.82) is 10.5 Å². The van der Waals surface area contributed by atoms with Crippen molar-refractivity contribution in [1.82, 2.24) is 29.3 Å². The maximum Gasteiger partial charge on any atom is 0.173 e. The molecule has 0 saturated carbocycles. The van der Waals surface area contributed by atoms with E-state index in [-0.39, 0.29) is 10.6 Å². The van der Waals surface area contributed by atoms with Crippen molar-refractivity contribution in [3.05, 3.63) is 59.6 Å². The summed E-state index contributed by atoms with van der Waals surface area (Å²) in [6, 6.07) is 7.59. The molecule has 4 aromatic rings. The molecule has 1 fully saturated rings. The lowest BCUT2D eigenvalue weighted by molar-refractivity contribution is 0.210. The molecule has 5 heterocycles. The number of nitriles is 2. The van der Waals surface area contributed by atoms with Crippen LogP contribution in [0.25, 0.3) is 16.6 Å². The largest absolute Gasteiger partial charge is 0.306 e. The third-order valence-corrected chi connectivity index (χ3v) is 7.28. The van der Waals surface area contributed by atoms with E-state index in [1.807, 2.05) is 24.5 Å². The van der Waals surface area contributed by atoms with E-state index in [1.165, 1.54) is 18.5 Å². The first kappa shape index (κ1) is 22.1. The Bertz CT molecular complexity index is 1470. The van der Waals surface area contributed by atoms with E-state index in [1.54, 1.807) is 4.52 Å². The predicted molar refractivity (Wildman–Crippen MR) is 125 cm³/mol. The van der Waals surface area contributed by atoms with Crippen molar-refractivity contribution in [2.75, 3.05) is 20.1 Å². The molecule has 5 rings (SSSR count). The molecule has 1 aliphatic rings. The van der Waals surface area contributed by atoms with Crippen molar-refractivity contribution in [2.24, 2.45) is 0 Å². The van der Waals surface area contributed by atoms with Gasteiger partial charge in [0.05, 0.1) is 35.1 Å². The Balaban J connectivity index is 1.60. The van der Waals surface area contributed by atoms with Gasteiger partial charge in [0, 0.05) is 34.1 Å². The van der Waals surface area contributed by atoms with Gasteiger partial charge in [-0.2, -0.15) is 20.7 Å². The minimum atomic E-state index is -0.678. The van der Waals surface area contributed by atoms with Crippen LogP contribution >= 0.6 is 11.8 Å². The van der Waals surface area contributed by atoms with E-state index in [0.717, 1.165) is 54.5 Å². The summed E-state index contributed by atoms with van der Waals surface area (Å²) in [7, 11) is 2.13. The summed E-state index contributed by atoms with van der Waals surface area (Å²) in [5, 5.41) is 27.9. The van der Waals surface area contributed by atoms with E-state index in [0.29, 0.717) is 22.0 Å². The maximum absolute atomic E-state index is 14.8. The summed E-state index contributed by atoms with van der Waals surface area (Å²) in [5.41, 5.74) is 3.74. The van der Waals surface area contributed by atoms with Crippen LogP contribution in [-0.4, -0.2) is 49.4 Å². The fourth-order valence-electron chi connectivity index (χ4n) is 4.39.